The fourth-order valence-corrected chi connectivity index (χ4v) is 7.77. The second-order valence-corrected chi connectivity index (χ2v) is 14.4. The molecule has 8 heteroatoms. The van der Waals surface area contributed by atoms with Gasteiger partial charge in [0.15, 0.2) is 0 Å². The van der Waals surface area contributed by atoms with Gasteiger partial charge in [0.1, 0.15) is 22.6 Å². The van der Waals surface area contributed by atoms with E-state index in [9.17, 15) is 9.59 Å². The lowest BCUT2D eigenvalue weighted by molar-refractivity contribution is 0.0586. The van der Waals surface area contributed by atoms with Gasteiger partial charge in [0, 0.05) is 4.47 Å². The summed E-state index contributed by atoms with van der Waals surface area (Å²) < 4.78 is 24.0. The number of thiol groups is 1. The van der Waals surface area contributed by atoms with Crippen LogP contribution in [0.1, 0.15) is 114 Å². The van der Waals surface area contributed by atoms with Crippen molar-refractivity contribution >= 4 is 40.5 Å². The number of benzene rings is 4. The molecule has 0 saturated heterocycles. The zero-order valence-corrected chi connectivity index (χ0v) is 32.7. The van der Waals surface area contributed by atoms with E-state index in [0.717, 1.165) is 101 Å². The number of aryl methyl sites for hydroxylation is 1. The minimum atomic E-state index is -0.939. The number of methoxy groups -OCH3 is 2. The van der Waals surface area contributed by atoms with E-state index in [1.165, 1.54) is 14.2 Å². The molecule has 0 heterocycles. The Hall–Kier alpha value is -3.75. The molecule has 0 radical (unpaired) electrons. The topological polar surface area (TPSA) is 71.1 Å². The van der Waals surface area contributed by atoms with Gasteiger partial charge in [-0.25, -0.2) is 9.59 Å². The normalized spacial score (nSPS) is 12.6. The molecule has 270 valence electrons. The van der Waals surface area contributed by atoms with Crippen LogP contribution in [-0.2, 0) is 21.3 Å². The first-order valence-corrected chi connectivity index (χ1v) is 19.5. The first-order chi connectivity index (χ1) is 24.8. The summed E-state index contributed by atoms with van der Waals surface area (Å²) in [6, 6.07) is 24.5. The number of rotatable bonds is 18. The maximum atomic E-state index is 13.5. The SMILES string of the molecule is CCCCCCOc1ccc(C2(c3ccc(OCCCCCC)c(C(=O)OC)c3)c3cc(Br)ccc3-c3ccc(CCS)cc32)cc1C(=O)OC. The number of esters is 2. The molecule has 0 atom stereocenters. The lowest BCUT2D eigenvalue weighted by Gasteiger charge is -2.35. The molecule has 0 N–H and O–H groups in total. The van der Waals surface area contributed by atoms with Crippen molar-refractivity contribution in [2.75, 3.05) is 33.2 Å². The smallest absolute Gasteiger partial charge is 0.341 e. The van der Waals surface area contributed by atoms with Crippen LogP contribution in [0.5, 0.6) is 11.5 Å². The summed E-state index contributed by atoms with van der Waals surface area (Å²) in [7, 11) is 2.78. The first-order valence-electron chi connectivity index (χ1n) is 18.1. The van der Waals surface area contributed by atoms with Crippen LogP contribution < -0.4 is 9.47 Å². The summed E-state index contributed by atoms with van der Waals surface area (Å²) in [6.07, 6.45) is 9.21. The van der Waals surface area contributed by atoms with Gasteiger partial charge in [-0.3, -0.25) is 0 Å². The van der Waals surface area contributed by atoms with Crippen molar-refractivity contribution in [3.63, 3.8) is 0 Å². The number of hydrogen-bond donors (Lipinski definition) is 1. The molecule has 0 aromatic heterocycles. The highest BCUT2D eigenvalue weighted by molar-refractivity contribution is 9.10. The molecule has 0 fully saturated rings. The largest absolute Gasteiger partial charge is 0.493 e. The number of fused-ring (bicyclic) bond motifs is 3. The second kappa shape index (κ2) is 18.1. The molecule has 5 rings (SSSR count). The number of halogens is 1. The Bertz CT molecular complexity index is 1760. The van der Waals surface area contributed by atoms with Crippen molar-refractivity contribution < 1.29 is 28.5 Å². The van der Waals surface area contributed by atoms with Gasteiger partial charge in [-0.15, -0.1) is 0 Å². The van der Waals surface area contributed by atoms with Gasteiger partial charge in [0.2, 0.25) is 0 Å². The molecule has 0 aliphatic heterocycles. The number of carbonyl (C=O) groups is 2. The third kappa shape index (κ3) is 8.18. The highest BCUT2D eigenvalue weighted by atomic mass is 79.9. The van der Waals surface area contributed by atoms with E-state index in [4.69, 9.17) is 18.9 Å². The average Bonchev–Trinajstić information content (AvgIpc) is 3.43. The van der Waals surface area contributed by atoms with E-state index >= 15 is 0 Å². The van der Waals surface area contributed by atoms with Crippen LogP contribution in [0.3, 0.4) is 0 Å². The molecule has 51 heavy (non-hydrogen) atoms. The van der Waals surface area contributed by atoms with Crippen molar-refractivity contribution in [1.29, 1.82) is 0 Å². The third-order valence-electron chi connectivity index (χ3n) is 9.71. The van der Waals surface area contributed by atoms with Gasteiger partial charge in [0.25, 0.3) is 0 Å². The number of unbranched alkanes of at least 4 members (excludes halogenated alkanes) is 6. The molecule has 0 bridgehead atoms. The number of hydrogen-bond acceptors (Lipinski definition) is 7. The summed E-state index contributed by atoms with van der Waals surface area (Å²) in [5, 5.41) is 0. The molecule has 0 unspecified atom stereocenters. The molecule has 1 aliphatic carbocycles. The zero-order chi connectivity index (χ0) is 36.4. The van der Waals surface area contributed by atoms with Gasteiger partial charge in [0.05, 0.1) is 32.8 Å². The van der Waals surface area contributed by atoms with Gasteiger partial charge in [-0.2, -0.15) is 12.6 Å². The van der Waals surface area contributed by atoms with Crippen LogP contribution in [-0.4, -0.2) is 45.1 Å². The predicted molar refractivity (Wildman–Crippen MR) is 211 cm³/mol. The predicted octanol–water partition coefficient (Wildman–Crippen LogP) is 10.8. The highest BCUT2D eigenvalue weighted by Crippen LogP contribution is 2.57. The molecule has 0 spiro atoms. The lowest BCUT2D eigenvalue weighted by Crippen LogP contribution is -2.30. The molecular weight excluding hydrogens is 724 g/mol. The molecular formula is C43H49BrO6S. The van der Waals surface area contributed by atoms with Crippen molar-refractivity contribution in [2.24, 2.45) is 0 Å². The molecule has 1 aliphatic rings. The van der Waals surface area contributed by atoms with Crippen molar-refractivity contribution in [2.45, 2.75) is 77.0 Å². The summed E-state index contributed by atoms with van der Waals surface area (Å²) in [5.74, 6) is 0.702. The Labute approximate surface area is 316 Å². The van der Waals surface area contributed by atoms with Crippen LogP contribution in [0.2, 0.25) is 0 Å². The first kappa shape index (κ1) is 38.5. The Morgan fingerprint density at radius 2 is 1.16 bits per heavy atom. The van der Waals surface area contributed by atoms with E-state index < -0.39 is 17.4 Å². The van der Waals surface area contributed by atoms with Crippen LogP contribution in [0.4, 0.5) is 0 Å². The third-order valence-corrected chi connectivity index (χ3v) is 10.4. The van der Waals surface area contributed by atoms with Gasteiger partial charge < -0.3 is 18.9 Å². The fraction of sp³-hybridized carbons (Fsp3) is 0.395. The highest BCUT2D eigenvalue weighted by Gasteiger charge is 2.47. The Kier molecular flexibility index (Phi) is 13.7. The maximum absolute atomic E-state index is 13.5. The van der Waals surface area contributed by atoms with Gasteiger partial charge in [-0.1, -0.05) is 105 Å². The number of carbonyl (C=O) groups excluding carboxylic acids is 2. The summed E-state index contributed by atoms with van der Waals surface area (Å²) in [4.78, 5) is 26.9. The molecule has 0 saturated carbocycles. The van der Waals surface area contributed by atoms with Crippen molar-refractivity contribution in [3.8, 4) is 22.6 Å². The standard InChI is InChI=1S/C43H49BrO6S/c1-5-7-9-11-22-49-39-19-14-30(26-35(39)41(45)47-3)43(31-15-20-40(36(27-31)42(46)48-4)50-23-12-10-8-6-2)37-25-29(21-24-51)13-17-33(37)34-18-16-32(44)28-38(34)43/h13-20,25-28,51H,5-12,21-24H2,1-4H3. The maximum Gasteiger partial charge on any atom is 0.341 e. The van der Waals surface area contributed by atoms with E-state index in [-0.39, 0.29) is 0 Å². The Morgan fingerprint density at radius 1 is 0.647 bits per heavy atom. The Balaban J connectivity index is 1.78. The van der Waals surface area contributed by atoms with E-state index in [1.807, 2.05) is 42.5 Å². The quantitative estimate of drug-likeness (QED) is 0.0543. The molecule has 4 aromatic carbocycles. The molecule has 0 amide bonds. The minimum Gasteiger partial charge on any atom is -0.493 e. The van der Waals surface area contributed by atoms with Crippen LogP contribution >= 0.6 is 28.6 Å². The fourth-order valence-electron chi connectivity index (χ4n) is 7.16. The van der Waals surface area contributed by atoms with Crippen molar-refractivity contribution in [1.82, 2.24) is 0 Å². The van der Waals surface area contributed by atoms with E-state index in [1.54, 1.807) is 0 Å². The zero-order valence-electron chi connectivity index (χ0n) is 30.2. The van der Waals surface area contributed by atoms with Crippen LogP contribution in [0.25, 0.3) is 11.1 Å². The average molecular weight is 774 g/mol. The molecule has 4 aromatic rings. The lowest BCUT2D eigenvalue weighted by atomic mass is 9.67. The van der Waals surface area contributed by atoms with Crippen LogP contribution in [0.15, 0.2) is 77.3 Å². The summed E-state index contributed by atoms with van der Waals surface area (Å²) in [6.45, 7) is 5.35. The van der Waals surface area contributed by atoms with E-state index in [2.05, 4.69) is 72.7 Å². The second-order valence-electron chi connectivity index (χ2n) is 13.0. The van der Waals surface area contributed by atoms with Gasteiger partial charge in [-0.05, 0) is 100 Å². The summed E-state index contributed by atoms with van der Waals surface area (Å²) in [5.41, 5.74) is 6.78. The molecule has 6 nitrogen and oxygen atoms in total. The number of ether oxygens (including phenoxy) is 4. The summed E-state index contributed by atoms with van der Waals surface area (Å²) >= 11 is 8.32. The Morgan fingerprint density at radius 3 is 1.65 bits per heavy atom. The van der Waals surface area contributed by atoms with Gasteiger partial charge >= 0.3 is 11.9 Å². The van der Waals surface area contributed by atoms with Crippen molar-refractivity contribution in [3.05, 3.63) is 116 Å². The monoisotopic (exact) mass is 772 g/mol. The minimum absolute atomic E-state index is 0.349. The van der Waals surface area contributed by atoms with E-state index in [0.29, 0.717) is 41.6 Å². The van der Waals surface area contributed by atoms with Crippen LogP contribution in [0, 0.1) is 0 Å².